The zero-order valence-corrected chi connectivity index (χ0v) is 12.4. The van der Waals surface area contributed by atoms with E-state index < -0.39 is 0 Å². The summed E-state index contributed by atoms with van der Waals surface area (Å²) in [5.74, 6) is 0.153. The second kappa shape index (κ2) is 7.10. The average molecular weight is 261 g/mol. The van der Waals surface area contributed by atoms with Crippen molar-refractivity contribution >= 4 is 12.0 Å². The highest BCUT2D eigenvalue weighted by atomic mass is 16.5. The van der Waals surface area contributed by atoms with Gasteiger partial charge >= 0.3 is 0 Å². The molecule has 0 aliphatic heterocycles. The summed E-state index contributed by atoms with van der Waals surface area (Å²) in [5.41, 5.74) is 3.01. The molecule has 0 aromatic heterocycles. The highest BCUT2D eigenvalue weighted by Gasteiger charge is 2.17. The second-order valence-corrected chi connectivity index (χ2v) is 5.03. The zero-order valence-electron chi connectivity index (χ0n) is 12.4. The molecule has 0 bridgehead atoms. The fourth-order valence-corrected chi connectivity index (χ4v) is 2.16. The Labute approximate surface area is 115 Å². The van der Waals surface area contributed by atoms with Crippen LogP contribution in [0, 0.1) is 5.92 Å². The number of allylic oxidation sites excluding steroid dienone is 1. The summed E-state index contributed by atoms with van der Waals surface area (Å²) in [5, 5.41) is 0. The third kappa shape index (κ3) is 4.21. The van der Waals surface area contributed by atoms with Crippen molar-refractivity contribution in [2.75, 3.05) is 26.1 Å². The van der Waals surface area contributed by atoms with Gasteiger partial charge in [-0.1, -0.05) is 25.1 Å². The topological polar surface area (TPSA) is 29.5 Å². The van der Waals surface area contributed by atoms with E-state index in [-0.39, 0.29) is 12.0 Å². The van der Waals surface area contributed by atoms with Crippen LogP contribution in [0.1, 0.15) is 25.5 Å². The van der Waals surface area contributed by atoms with E-state index >= 15 is 0 Å². The molecule has 0 N–H and O–H groups in total. The number of ether oxygens (including phenoxy) is 1. The van der Waals surface area contributed by atoms with Crippen LogP contribution >= 0.6 is 0 Å². The van der Waals surface area contributed by atoms with Crippen molar-refractivity contribution in [3.63, 3.8) is 0 Å². The van der Waals surface area contributed by atoms with Crippen LogP contribution in [0.4, 0.5) is 5.69 Å². The van der Waals surface area contributed by atoms with Crippen molar-refractivity contribution in [2.45, 2.75) is 20.0 Å². The van der Waals surface area contributed by atoms with Crippen LogP contribution in [-0.2, 0) is 9.53 Å². The molecular weight excluding hydrogens is 238 g/mol. The summed E-state index contributed by atoms with van der Waals surface area (Å²) in [6, 6.07) is 8.29. The first-order valence-electron chi connectivity index (χ1n) is 6.43. The quantitative estimate of drug-likeness (QED) is 0.581. The van der Waals surface area contributed by atoms with E-state index in [2.05, 4.69) is 36.1 Å². The van der Waals surface area contributed by atoms with Crippen LogP contribution in [0.25, 0.3) is 0 Å². The van der Waals surface area contributed by atoms with Gasteiger partial charge < -0.3 is 9.64 Å². The Balaban J connectivity index is 2.93. The van der Waals surface area contributed by atoms with E-state index in [1.807, 2.05) is 27.1 Å². The zero-order chi connectivity index (χ0) is 14.4. The molecule has 2 atom stereocenters. The van der Waals surface area contributed by atoms with E-state index in [4.69, 9.17) is 4.74 Å². The standard InChI is InChI=1S/C16H23NO2/c1-12(11-18)10-13(2)16(19-5)14-6-8-15(9-7-14)17(3)4/h6-11,13,16H,1-5H3. The van der Waals surface area contributed by atoms with E-state index in [9.17, 15) is 4.79 Å². The molecule has 19 heavy (non-hydrogen) atoms. The van der Waals surface area contributed by atoms with Crippen LogP contribution in [0.2, 0.25) is 0 Å². The van der Waals surface area contributed by atoms with Crippen molar-refractivity contribution in [1.82, 2.24) is 0 Å². The molecule has 0 fully saturated rings. The maximum atomic E-state index is 10.7. The number of aldehydes is 1. The summed E-state index contributed by atoms with van der Waals surface area (Å²) in [7, 11) is 5.73. The van der Waals surface area contributed by atoms with Crippen LogP contribution in [0.5, 0.6) is 0 Å². The summed E-state index contributed by atoms with van der Waals surface area (Å²) in [4.78, 5) is 12.8. The highest BCUT2D eigenvalue weighted by Crippen LogP contribution is 2.28. The lowest BCUT2D eigenvalue weighted by atomic mass is 9.95. The molecule has 0 aliphatic carbocycles. The molecule has 0 spiro atoms. The van der Waals surface area contributed by atoms with Gasteiger partial charge in [0.25, 0.3) is 0 Å². The predicted molar refractivity (Wildman–Crippen MR) is 79.5 cm³/mol. The molecule has 0 radical (unpaired) electrons. The minimum absolute atomic E-state index is 0.0360. The second-order valence-electron chi connectivity index (χ2n) is 5.03. The summed E-state index contributed by atoms with van der Waals surface area (Å²) < 4.78 is 5.57. The molecule has 1 rings (SSSR count). The maximum absolute atomic E-state index is 10.7. The van der Waals surface area contributed by atoms with Crippen LogP contribution in [0.15, 0.2) is 35.9 Å². The van der Waals surface area contributed by atoms with Crippen LogP contribution in [-0.4, -0.2) is 27.5 Å². The number of anilines is 1. The fourth-order valence-electron chi connectivity index (χ4n) is 2.16. The van der Waals surface area contributed by atoms with Gasteiger partial charge in [0.2, 0.25) is 0 Å². The molecule has 0 amide bonds. The fraction of sp³-hybridized carbons (Fsp3) is 0.438. The Kier molecular flexibility index (Phi) is 5.77. The minimum atomic E-state index is -0.0360. The van der Waals surface area contributed by atoms with Crippen LogP contribution < -0.4 is 4.90 Å². The van der Waals surface area contributed by atoms with Crippen molar-refractivity contribution in [1.29, 1.82) is 0 Å². The first-order valence-corrected chi connectivity index (χ1v) is 6.43. The molecular formula is C16H23NO2. The SMILES string of the molecule is COC(c1ccc(N(C)C)cc1)C(C)C=C(C)C=O. The number of methoxy groups -OCH3 is 1. The predicted octanol–water partition coefficient (Wildman–Crippen LogP) is 3.22. The van der Waals surface area contributed by atoms with E-state index in [0.29, 0.717) is 0 Å². The normalized spacial score (nSPS) is 14.9. The van der Waals surface area contributed by atoms with Crippen molar-refractivity contribution in [3.05, 3.63) is 41.5 Å². The Hall–Kier alpha value is -1.61. The smallest absolute Gasteiger partial charge is 0.145 e. The minimum Gasteiger partial charge on any atom is -0.378 e. The summed E-state index contributed by atoms with van der Waals surface area (Å²) in [6.07, 6.45) is 2.78. The van der Waals surface area contributed by atoms with Gasteiger partial charge in [-0.2, -0.15) is 0 Å². The number of nitrogens with zero attached hydrogens (tertiary/aromatic N) is 1. The molecule has 0 saturated carbocycles. The first-order chi connectivity index (χ1) is 8.99. The number of carbonyl (C=O) groups is 1. The van der Waals surface area contributed by atoms with Gasteiger partial charge in [0.05, 0.1) is 6.10 Å². The Morgan fingerprint density at radius 1 is 1.26 bits per heavy atom. The monoisotopic (exact) mass is 261 g/mol. The number of hydrogen-bond donors (Lipinski definition) is 0. The molecule has 3 nitrogen and oxygen atoms in total. The molecule has 3 heteroatoms. The van der Waals surface area contributed by atoms with Crippen molar-refractivity contribution in [2.24, 2.45) is 5.92 Å². The largest absolute Gasteiger partial charge is 0.378 e. The average Bonchev–Trinajstić information content (AvgIpc) is 2.40. The summed E-state index contributed by atoms with van der Waals surface area (Å²) in [6.45, 7) is 3.87. The Morgan fingerprint density at radius 2 is 1.84 bits per heavy atom. The van der Waals surface area contributed by atoms with Gasteiger partial charge in [-0.05, 0) is 30.2 Å². The van der Waals surface area contributed by atoms with Gasteiger partial charge in [0.15, 0.2) is 0 Å². The molecule has 104 valence electrons. The molecule has 0 heterocycles. The Morgan fingerprint density at radius 3 is 2.26 bits per heavy atom. The van der Waals surface area contributed by atoms with E-state index in [1.165, 1.54) is 0 Å². The number of carbonyl (C=O) groups excluding carboxylic acids is 1. The third-order valence-electron chi connectivity index (χ3n) is 3.18. The van der Waals surface area contributed by atoms with Gasteiger partial charge in [0, 0.05) is 32.8 Å². The van der Waals surface area contributed by atoms with Crippen molar-refractivity contribution < 1.29 is 9.53 Å². The maximum Gasteiger partial charge on any atom is 0.145 e. The van der Waals surface area contributed by atoms with E-state index in [1.54, 1.807) is 7.11 Å². The van der Waals surface area contributed by atoms with Gasteiger partial charge in [-0.25, -0.2) is 0 Å². The van der Waals surface area contributed by atoms with Crippen molar-refractivity contribution in [3.8, 4) is 0 Å². The first kappa shape index (κ1) is 15.4. The molecule has 1 aromatic rings. The lowest BCUT2D eigenvalue weighted by Gasteiger charge is -2.22. The van der Waals surface area contributed by atoms with Gasteiger partial charge in [0.1, 0.15) is 6.29 Å². The number of hydrogen-bond acceptors (Lipinski definition) is 3. The molecule has 2 unspecified atom stereocenters. The van der Waals surface area contributed by atoms with Gasteiger partial charge in [-0.3, -0.25) is 4.79 Å². The molecule has 0 aliphatic rings. The van der Waals surface area contributed by atoms with E-state index in [0.717, 1.165) is 23.1 Å². The Bertz CT molecular complexity index is 435. The lowest BCUT2D eigenvalue weighted by Crippen LogP contribution is -2.12. The lowest BCUT2D eigenvalue weighted by molar-refractivity contribution is -0.104. The highest BCUT2D eigenvalue weighted by molar-refractivity contribution is 5.72. The summed E-state index contributed by atoms with van der Waals surface area (Å²) >= 11 is 0. The van der Waals surface area contributed by atoms with Crippen LogP contribution in [0.3, 0.4) is 0 Å². The molecule has 0 saturated heterocycles. The number of benzene rings is 1. The van der Waals surface area contributed by atoms with Gasteiger partial charge in [-0.15, -0.1) is 0 Å². The third-order valence-corrected chi connectivity index (χ3v) is 3.18. The number of rotatable bonds is 6. The molecule has 1 aromatic carbocycles.